The SMILES string of the molecule is CCc1cc(NN)nc(-c2ccc(Br)c(F)c2)n1. The molecule has 2 rings (SSSR count). The highest BCUT2D eigenvalue weighted by atomic mass is 79.9. The second-order valence-electron chi connectivity index (χ2n) is 3.69. The average molecular weight is 311 g/mol. The Hall–Kier alpha value is -1.53. The van der Waals surface area contributed by atoms with E-state index in [0.717, 1.165) is 12.1 Å². The fourth-order valence-electron chi connectivity index (χ4n) is 1.52. The number of rotatable bonds is 3. The van der Waals surface area contributed by atoms with E-state index in [0.29, 0.717) is 21.7 Å². The molecule has 1 heterocycles. The predicted molar refractivity (Wildman–Crippen MR) is 72.3 cm³/mol. The molecule has 0 aliphatic carbocycles. The number of benzene rings is 1. The van der Waals surface area contributed by atoms with Gasteiger partial charge in [0, 0.05) is 17.3 Å². The van der Waals surface area contributed by atoms with E-state index < -0.39 is 0 Å². The Balaban J connectivity index is 2.51. The lowest BCUT2D eigenvalue weighted by Crippen LogP contribution is -2.10. The Labute approximate surface area is 113 Å². The van der Waals surface area contributed by atoms with Gasteiger partial charge in [0.15, 0.2) is 5.82 Å². The van der Waals surface area contributed by atoms with Gasteiger partial charge in [-0.1, -0.05) is 6.92 Å². The molecule has 0 amide bonds. The molecule has 0 aliphatic rings. The highest BCUT2D eigenvalue weighted by molar-refractivity contribution is 9.10. The van der Waals surface area contributed by atoms with E-state index in [4.69, 9.17) is 5.84 Å². The van der Waals surface area contributed by atoms with Crippen LogP contribution >= 0.6 is 15.9 Å². The van der Waals surface area contributed by atoms with Crippen molar-refractivity contribution in [3.05, 3.63) is 40.2 Å². The highest BCUT2D eigenvalue weighted by Crippen LogP contribution is 2.23. The summed E-state index contributed by atoms with van der Waals surface area (Å²) < 4.78 is 13.9. The van der Waals surface area contributed by atoms with E-state index in [1.807, 2.05) is 6.92 Å². The Morgan fingerprint density at radius 3 is 2.72 bits per heavy atom. The third-order valence-corrected chi connectivity index (χ3v) is 3.11. The van der Waals surface area contributed by atoms with Crippen LogP contribution in [-0.2, 0) is 6.42 Å². The van der Waals surface area contributed by atoms with Crippen molar-refractivity contribution in [3.8, 4) is 11.4 Å². The van der Waals surface area contributed by atoms with Crippen LogP contribution in [0.3, 0.4) is 0 Å². The molecule has 0 unspecified atom stereocenters. The van der Waals surface area contributed by atoms with Crippen molar-refractivity contribution in [2.24, 2.45) is 5.84 Å². The summed E-state index contributed by atoms with van der Waals surface area (Å²) in [6, 6.07) is 6.53. The molecule has 3 N–H and O–H groups in total. The highest BCUT2D eigenvalue weighted by Gasteiger charge is 2.08. The number of nitrogen functional groups attached to an aromatic ring is 1. The topological polar surface area (TPSA) is 63.8 Å². The number of aryl methyl sites for hydroxylation is 1. The lowest BCUT2D eigenvalue weighted by Gasteiger charge is -2.07. The molecular formula is C12H12BrFN4. The largest absolute Gasteiger partial charge is 0.308 e. The number of nitrogens with two attached hydrogens (primary N) is 1. The number of nitrogens with one attached hydrogen (secondary N) is 1. The summed E-state index contributed by atoms with van der Waals surface area (Å²) in [5.74, 6) is 5.97. The van der Waals surface area contributed by atoms with Gasteiger partial charge in [0.2, 0.25) is 0 Å². The third-order valence-electron chi connectivity index (χ3n) is 2.47. The third kappa shape index (κ3) is 2.65. The van der Waals surface area contributed by atoms with Gasteiger partial charge < -0.3 is 5.43 Å². The number of hydrogen-bond donors (Lipinski definition) is 2. The summed E-state index contributed by atoms with van der Waals surface area (Å²) in [6.07, 6.45) is 0.753. The maximum absolute atomic E-state index is 13.5. The van der Waals surface area contributed by atoms with Crippen LogP contribution in [0.15, 0.2) is 28.7 Å². The zero-order valence-electron chi connectivity index (χ0n) is 9.74. The monoisotopic (exact) mass is 310 g/mol. The first-order valence-electron chi connectivity index (χ1n) is 5.44. The van der Waals surface area contributed by atoms with Crippen LogP contribution < -0.4 is 11.3 Å². The molecule has 1 aromatic heterocycles. The van der Waals surface area contributed by atoms with Crippen LogP contribution in [0, 0.1) is 5.82 Å². The number of hydrazine groups is 1. The molecule has 0 fully saturated rings. The van der Waals surface area contributed by atoms with Crippen molar-refractivity contribution in [3.63, 3.8) is 0 Å². The Morgan fingerprint density at radius 1 is 1.33 bits per heavy atom. The van der Waals surface area contributed by atoms with Gasteiger partial charge in [-0.05, 0) is 40.5 Å². The average Bonchev–Trinajstić information content (AvgIpc) is 2.41. The molecule has 4 nitrogen and oxygen atoms in total. The molecule has 18 heavy (non-hydrogen) atoms. The molecule has 0 spiro atoms. The van der Waals surface area contributed by atoms with E-state index in [2.05, 4.69) is 31.3 Å². The fraction of sp³-hybridized carbons (Fsp3) is 0.167. The standard InChI is InChI=1S/C12H12BrFN4/c1-2-8-6-11(18-15)17-12(16-8)7-3-4-9(13)10(14)5-7/h3-6H,2,15H2,1H3,(H,16,17,18). The quantitative estimate of drug-likeness (QED) is 0.676. The molecule has 0 bridgehead atoms. The number of nitrogens with zero attached hydrogens (tertiary/aromatic N) is 2. The summed E-state index contributed by atoms with van der Waals surface area (Å²) in [6.45, 7) is 1.98. The maximum atomic E-state index is 13.5. The van der Waals surface area contributed by atoms with Gasteiger partial charge >= 0.3 is 0 Å². The molecule has 94 valence electrons. The van der Waals surface area contributed by atoms with Crippen molar-refractivity contribution in [2.45, 2.75) is 13.3 Å². The summed E-state index contributed by atoms with van der Waals surface area (Å²) in [5, 5.41) is 0. The van der Waals surface area contributed by atoms with Gasteiger partial charge in [0.1, 0.15) is 11.6 Å². The van der Waals surface area contributed by atoms with E-state index in [1.54, 1.807) is 18.2 Å². The molecule has 0 aliphatic heterocycles. The zero-order chi connectivity index (χ0) is 13.1. The fourth-order valence-corrected chi connectivity index (χ4v) is 1.76. The minimum atomic E-state index is -0.347. The Bertz CT molecular complexity index is 552. The molecule has 0 saturated heterocycles. The summed E-state index contributed by atoms with van der Waals surface area (Å²) in [7, 11) is 0. The van der Waals surface area contributed by atoms with Crippen LogP contribution in [0.25, 0.3) is 11.4 Å². The molecule has 6 heteroatoms. The normalized spacial score (nSPS) is 10.4. The molecular weight excluding hydrogens is 299 g/mol. The van der Waals surface area contributed by atoms with Gasteiger partial charge in [-0.25, -0.2) is 20.2 Å². The summed E-state index contributed by atoms with van der Waals surface area (Å²) >= 11 is 3.11. The van der Waals surface area contributed by atoms with Gasteiger partial charge in [-0.3, -0.25) is 0 Å². The van der Waals surface area contributed by atoms with Crippen LogP contribution in [0.2, 0.25) is 0 Å². The lowest BCUT2D eigenvalue weighted by molar-refractivity contribution is 0.621. The first-order valence-corrected chi connectivity index (χ1v) is 6.23. The Kier molecular flexibility index (Phi) is 3.88. The first-order chi connectivity index (χ1) is 8.63. The molecule has 2 aromatic rings. The zero-order valence-corrected chi connectivity index (χ0v) is 11.3. The molecule has 0 radical (unpaired) electrons. The van der Waals surface area contributed by atoms with E-state index in [-0.39, 0.29) is 5.82 Å². The summed E-state index contributed by atoms with van der Waals surface area (Å²) in [5.41, 5.74) is 3.94. The predicted octanol–water partition coefficient (Wildman–Crippen LogP) is 2.89. The maximum Gasteiger partial charge on any atom is 0.161 e. The molecule has 0 saturated carbocycles. The van der Waals surface area contributed by atoms with Gasteiger partial charge in [0.25, 0.3) is 0 Å². The lowest BCUT2D eigenvalue weighted by atomic mass is 10.2. The number of hydrogen-bond acceptors (Lipinski definition) is 4. The van der Waals surface area contributed by atoms with E-state index in [1.165, 1.54) is 6.07 Å². The number of anilines is 1. The van der Waals surface area contributed by atoms with Crippen LogP contribution in [0.1, 0.15) is 12.6 Å². The smallest absolute Gasteiger partial charge is 0.161 e. The van der Waals surface area contributed by atoms with Crippen molar-refractivity contribution >= 4 is 21.7 Å². The number of halogens is 2. The first kappa shape index (κ1) is 12.9. The van der Waals surface area contributed by atoms with E-state index in [9.17, 15) is 4.39 Å². The van der Waals surface area contributed by atoms with Crippen molar-refractivity contribution in [2.75, 3.05) is 5.43 Å². The Morgan fingerprint density at radius 2 is 2.11 bits per heavy atom. The van der Waals surface area contributed by atoms with Crippen LogP contribution in [0.4, 0.5) is 10.2 Å². The van der Waals surface area contributed by atoms with Crippen molar-refractivity contribution < 1.29 is 4.39 Å². The number of aromatic nitrogens is 2. The van der Waals surface area contributed by atoms with Crippen LogP contribution in [0.5, 0.6) is 0 Å². The summed E-state index contributed by atoms with van der Waals surface area (Å²) in [4.78, 5) is 8.56. The minimum Gasteiger partial charge on any atom is -0.308 e. The van der Waals surface area contributed by atoms with Gasteiger partial charge in [0.05, 0.1) is 4.47 Å². The van der Waals surface area contributed by atoms with Crippen LogP contribution in [-0.4, -0.2) is 9.97 Å². The van der Waals surface area contributed by atoms with E-state index >= 15 is 0 Å². The van der Waals surface area contributed by atoms with Gasteiger partial charge in [-0.2, -0.15) is 0 Å². The minimum absolute atomic E-state index is 0.347. The van der Waals surface area contributed by atoms with Crippen molar-refractivity contribution in [1.29, 1.82) is 0 Å². The molecule has 0 atom stereocenters. The second kappa shape index (κ2) is 5.41. The van der Waals surface area contributed by atoms with Gasteiger partial charge in [-0.15, -0.1) is 0 Å². The second-order valence-corrected chi connectivity index (χ2v) is 4.55. The van der Waals surface area contributed by atoms with Crippen molar-refractivity contribution in [1.82, 2.24) is 9.97 Å². The molecule has 1 aromatic carbocycles.